The Morgan fingerprint density at radius 2 is 1.16 bits per heavy atom. The lowest BCUT2D eigenvalue weighted by Crippen LogP contribution is -2.11. The number of hydrogen-bond acceptors (Lipinski definition) is 3. The maximum Gasteiger partial charge on any atom is 0.159 e. The minimum absolute atomic E-state index is 0.0418. The number of thiophene rings is 1. The van der Waals surface area contributed by atoms with Gasteiger partial charge in [-0.05, 0) is 58.0 Å². The second kappa shape index (κ2) is 9.69. The Labute approximate surface area is 265 Å². The zero-order valence-electron chi connectivity index (χ0n) is 25.5. The van der Waals surface area contributed by atoms with Gasteiger partial charge in [0.1, 0.15) is 5.58 Å². The summed E-state index contributed by atoms with van der Waals surface area (Å²) in [4.78, 5) is 2.39. The molecule has 0 saturated heterocycles. The highest BCUT2D eigenvalue weighted by Gasteiger charge is 2.25. The van der Waals surface area contributed by atoms with Gasteiger partial charge in [0.15, 0.2) is 5.58 Å². The molecule has 45 heavy (non-hydrogen) atoms. The number of para-hydroxylation sites is 3. The van der Waals surface area contributed by atoms with Crippen molar-refractivity contribution in [3.05, 3.63) is 139 Å². The molecule has 2 heterocycles. The third-order valence-corrected chi connectivity index (χ3v) is 10.2. The molecule has 0 N–H and O–H groups in total. The van der Waals surface area contributed by atoms with Gasteiger partial charge < -0.3 is 9.32 Å². The van der Waals surface area contributed by atoms with E-state index in [9.17, 15) is 0 Å². The number of furan rings is 1. The molecule has 0 saturated carbocycles. The fourth-order valence-electron chi connectivity index (χ4n) is 7.05. The predicted molar refractivity (Wildman–Crippen MR) is 195 cm³/mol. The van der Waals surface area contributed by atoms with E-state index in [1.165, 1.54) is 47.3 Å². The average Bonchev–Trinajstić information content (AvgIpc) is 3.62. The van der Waals surface area contributed by atoms with Crippen LogP contribution in [0.25, 0.3) is 63.7 Å². The summed E-state index contributed by atoms with van der Waals surface area (Å²) in [6.45, 7) is 6.75. The zero-order chi connectivity index (χ0) is 30.3. The quantitative estimate of drug-likeness (QED) is 0.201. The number of benzene rings is 7. The Kier molecular flexibility index (Phi) is 5.66. The van der Waals surface area contributed by atoms with Gasteiger partial charge in [0, 0.05) is 47.6 Å². The van der Waals surface area contributed by atoms with Crippen molar-refractivity contribution in [1.82, 2.24) is 0 Å². The monoisotopic (exact) mass is 597 g/mol. The SMILES string of the molecule is CC(C)(C)c1cccc2c1oc1c(N(c3ccccc3)c3cc4sc5cc6ccccc6cc5c4c4ccccc34)cccc12. The number of hydrogen-bond donors (Lipinski definition) is 0. The number of nitrogens with zero attached hydrogens (tertiary/aromatic N) is 1. The molecule has 9 rings (SSSR count). The Balaban J connectivity index is 1.39. The van der Waals surface area contributed by atoms with Crippen LogP contribution in [0.15, 0.2) is 138 Å². The van der Waals surface area contributed by atoms with Crippen molar-refractivity contribution >= 4 is 92.1 Å². The molecular formula is C42H31NOS. The lowest BCUT2D eigenvalue weighted by molar-refractivity contribution is 0.573. The molecule has 0 fully saturated rings. The Morgan fingerprint density at radius 1 is 0.511 bits per heavy atom. The molecule has 0 amide bonds. The molecule has 0 aliphatic heterocycles. The summed E-state index contributed by atoms with van der Waals surface area (Å²) >= 11 is 1.88. The van der Waals surface area contributed by atoms with Gasteiger partial charge in [-0.3, -0.25) is 0 Å². The standard InChI is InChI=1S/C42H31NOS/c1-42(2,3)34-21-11-19-31-32-20-12-22-35(41(32)44-40(31)34)43(28-15-5-4-6-16-28)36-25-38-39(30-18-10-9-17-29(30)36)33-23-26-13-7-8-14-27(26)24-37(33)45-38/h4-25H,1-3H3. The van der Waals surface area contributed by atoms with Crippen molar-refractivity contribution in [3.63, 3.8) is 0 Å². The first kappa shape index (κ1) is 26.3. The van der Waals surface area contributed by atoms with Crippen LogP contribution < -0.4 is 4.90 Å². The van der Waals surface area contributed by atoms with E-state index < -0.39 is 0 Å². The molecule has 0 unspecified atom stereocenters. The van der Waals surface area contributed by atoms with Gasteiger partial charge in [-0.1, -0.05) is 118 Å². The lowest BCUT2D eigenvalue weighted by atomic mass is 9.86. The fourth-order valence-corrected chi connectivity index (χ4v) is 8.24. The van der Waals surface area contributed by atoms with Crippen molar-refractivity contribution in [2.75, 3.05) is 4.90 Å². The molecule has 0 aliphatic rings. The Bertz CT molecular complexity index is 2580. The highest BCUT2D eigenvalue weighted by atomic mass is 32.1. The molecule has 216 valence electrons. The first-order chi connectivity index (χ1) is 22.0. The molecule has 0 aliphatic carbocycles. The van der Waals surface area contributed by atoms with Gasteiger partial charge in [-0.2, -0.15) is 0 Å². The largest absolute Gasteiger partial charge is 0.454 e. The lowest BCUT2D eigenvalue weighted by Gasteiger charge is -2.27. The van der Waals surface area contributed by atoms with Crippen LogP contribution in [-0.4, -0.2) is 0 Å². The van der Waals surface area contributed by atoms with E-state index in [0.29, 0.717) is 0 Å². The Hall–Kier alpha value is -5.12. The van der Waals surface area contributed by atoms with E-state index in [1.807, 2.05) is 11.3 Å². The molecule has 2 nitrogen and oxygen atoms in total. The normalized spacial score (nSPS) is 12.3. The second-order valence-electron chi connectivity index (χ2n) is 13.0. The molecule has 9 aromatic rings. The van der Waals surface area contributed by atoms with E-state index >= 15 is 0 Å². The maximum atomic E-state index is 6.92. The highest BCUT2D eigenvalue weighted by molar-refractivity contribution is 7.26. The smallest absolute Gasteiger partial charge is 0.159 e. The van der Waals surface area contributed by atoms with Crippen LogP contribution in [0.4, 0.5) is 17.1 Å². The molecule has 3 heteroatoms. The number of fused-ring (bicyclic) bond motifs is 9. The van der Waals surface area contributed by atoms with E-state index in [1.54, 1.807) is 0 Å². The van der Waals surface area contributed by atoms with Crippen molar-refractivity contribution in [3.8, 4) is 0 Å². The van der Waals surface area contributed by atoms with Crippen LogP contribution in [0.5, 0.6) is 0 Å². The van der Waals surface area contributed by atoms with Crippen LogP contribution in [0.2, 0.25) is 0 Å². The Morgan fingerprint density at radius 3 is 1.93 bits per heavy atom. The van der Waals surface area contributed by atoms with Crippen molar-refractivity contribution in [1.29, 1.82) is 0 Å². The first-order valence-corrected chi connectivity index (χ1v) is 16.3. The van der Waals surface area contributed by atoms with E-state index in [2.05, 4.69) is 159 Å². The van der Waals surface area contributed by atoms with Gasteiger partial charge in [0.25, 0.3) is 0 Å². The maximum absolute atomic E-state index is 6.92. The molecule has 0 bridgehead atoms. The van der Waals surface area contributed by atoms with Crippen molar-refractivity contribution < 1.29 is 4.42 Å². The molecule has 0 spiro atoms. The van der Waals surface area contributed by atoms with Crippen LogP contribution in [0.1, 0.15) is 26.3 Å². The van der Waals surface area contributed by atoms with Crippen LogP contribution in [0, 0.1) is 0 Å². The summed E-state index contributed by atoms with van der Waals surface area (Å²) in [7, 11) is 0. The predicted octanol–water partition coefficient (Wildman–Crippen LogP) is 13.0. The summed E-state index contributed by atoms with van der Waals surface area (Å²) in [5.41, 5.74) is 6.32. The molecule has 7 aromatic carbocycles. The van der Waals surface area contributed by atoms with Crippen LogP contribution in [-0.2, 0) is 5.41 Å². The van der Waals surface area contributed by atoms with Crippen LogP contribution >= 0.6 is 11.3 Å². The first-order valence-electron chi connectivity index (χ1n) is 15.5. The summed E-state index contributed by atoms with van der Waals surface area (Å²) < 4.78 is 9.51. The molecular weight excluding hydrogens is 567 g/mol. The summed E-state index contributed by atoms with van der Waals surface area (Å²) in [6.07, 6.45) is 0. The third-order valence-electron chi connectivity index (χ3n) is 9.13. The topological polar surface area (TPSA) is 16.4 Å². The number of rotatable bonds is 3. The second-order valence-corrected chi connectivity index (χ2v) is 14.1. The van der Waals surface area contributed by atoms with Gasteiger partial charge >= 0.3 is 0 Å². The van der Waals surface area contributed by atoms with Gasteiger partial charge in [0.05, 0.1) is 11.4 Å². The average molecular weight is 598 g/mol. The van der Waals surface area contributed by atoms with E-state index in [0.717, 1.165) is 39.0 Å². The minimum Gasteiger partial charge on any atom is -0.454 e. The summed E-state index contributed by atoms with van der Waals surface area (Å²) in [6, 6.07) is 48.4. The highest BCUT2D eigenvalue weighted by Crippen LogP contribution is 2.49. The van der Waals surface area contributed by atoms with Crippen molar-refractivity contribution in [2.24, 2.45) is 0 Å². The molecule has 2 aromatic heterocycles. The van der Waals surface area contributed by atoms with Gasteiger partial charge in [-0.15, -0.1) is 11.3 Å². The molecule has 0 radical (unpaired) electrons. The number of anilines is 3. The minimum atomic E-state index is -0.0418. The summed E-state index contributed by atoms with van der Waals surface area (Å²) in [5.74, 6) is 0. The zero-order valence-corrected chi connectivity index (χ0v) is 26.3. The fraction of sp³-hybridized carbons (Fsp3) is 0.0952. The van der Waals surface area contributed by atoms with Crippen molar-refractivity contribution in [2.45, 2.75) is 26.2 Å². The van der Waals surface area contributed by atoms with E-state index in [4.69, 9.17) is 4.42 Å². The van der Waals surface area contributed by atoms with E-state index in [-0.39, 0.29) is 5.41 Å². The van der Waals surface area contributed by atoms with Crippen LogP contribution in [0.3, 0.4) is 0 Å². The summed E-state index contributed by atoms with van der Waals surface area (Å²) in [5, 5.41) is 9.96. The van der Waals surface area contributed by atoms with Gasteiger partial charge in [0.2, 0.25) is 0 Å². The third kappa shape index (κ3) is 4.01. The molecule has 0 atom stereocenters. The van der Waals surface area contributed by atoms with Gasteiger partial charge in [-0.25, -0.2) is 0 Å².